The number of nitrogens with one attached hydrogen (secondary N) is 4. The zero-order valence-corrected chi connectivity index (χ0v) is 21.4. The third kappa shape index (κ3) is 6.42. The van der Waals surface area contributed by atoms with E-state index in [1.807, 2.05) is 18.2 Å². The molecule has 1 saturated heterocycles. The molecule has 4 N–H and O–H groups in total. The van der Waals surface area contributed by atoms with Gasteiger partial charge in [-0.1, -0.05) is 38.2 Å². The minimum Gasteiger partial charge on any atom is -0.496 e. The van der Waals surface area contributed by atoms with Crippen LogP contribution in [0.4, 0.5) is 0 Å². The van der Waals surface area contributed by atoms with Crippen molar-refractivity contribution in [3.05, 3.63) is 30.0 Å². The highest BCUT2D eigenvalue weighted by molar-refractivity contribution is 6.01. The molecule has 2 aromatic rings. The van der Waals surface area contributed by atoms with Gasteiger partial charge in [-0.05, 0) is 43.4 Å². The predicted molar refractivity (Wildman–Crippen MR) is 137 cm³/mol. The van der Waals surface area contributed by atoms with E-state index in [1.165, 1.54) is 13.5 Å². The second kappa shape index (κ2) is 12.1. The van der Waals surface area contributed by atoms with E-state index >= 15 is 0 Å². The van der Waals surface area contributed by atoms with Crippen molar-refractivity contribution in [2.75, 3.05) is 20.8 Å². The first-order chi connectivity index (χ1) is 17.9. The topological polar surface area (TPSA) is 139 Å². The van der Waals surface area contributed by atoms with Crippen molar-refractivity contribution in [1.82, 2.24) is 20.9 Å². The Hall–Kier alpha value is -3.56. The van der Waals surface area contributed by atoms with Crippen LogP contribution in [0.25, 0.3) is 10.9 Å². The summed E-state index contributed by atoms with van der Waals surface area (Å²) in [7, 11) is 2.82. The van der Waals surface area contributed by atoms with Gasteiger partial charge in [-0.3, -0.25) is 14.4 Å². The monoisotopic (exact) mass is 512 g/mol. The molecule has 3 amide bonds. The summed E-state index contributed by atoms with van der Waals surface area (Å²) in [5.41, 5.74) is 1.06. The van der Waals surface area contributed by atoms with Crippen molar-refractivity contribution in [3.63, 3.8) is 0 Å². The molecule has 2 aliphatic rings. The van der Waals surface area contributed by atoms with Gasteiger partial charge < -0.3 is 30.4 Å². The fourth-order valence-electron chi connectivity index (χ4n) is 5.43. The molecule has 10 heteroatoms. The van der Waals surface area contributed by atoms with Gasteiger partial charge in [0.15, 0.2) is 0 Å². The standard InChI is InChI=1S/C27H36N4O6/c1-36-23-10-6-9-19-18(23)15-21(29-19)26(34)30-20(13-16-7-4-3-5-8-16)25(33)31-22(27(35)37-2)14-17-11-12-28-24(17)32/h6,9-10,15-17,20,22,29H,3-5,7-8,11-14H2,1-2H3,(H,28,32)(H,30,34)(H,31,33)/t17-,20?,22?/m0/s1. The van der Waals surface area contributed by atoms with Crippen LogP contribution in [0.2, 0.25) is 0 Å². The zero-order valence-electron chi connectivity index (χ0n) is 21.4. The molecule has 1 aliphatic carbocycles. The van der Waals surface area contributed by atoms with E-state index in [0.29, 0.717) is 36.7 Å². The number of hydrogen-bond acceptors (Lipinski definition) is 6. The lowest BCUT2D eigenvalue weighted by atomic mass is 9.84. The normalized spacial score (nSPS) is 19.6. The van der Waals surface area contributed by atoms with Gasteiger partial charge in [0.25, 0.3) is 5.91 Å². The smallest absolute Gasteiger partial charge is 0.328 e. The molecule has 2 fully saturated rings. The van der Waals surface area contributed by atoms with Gasteiger partial charge in [-0.25, -0.2) is 4.79 Å². The van der Waals surface area contributed by atoms with Gasteiger partial charge in [-0.2, -0.15) is 0 Å². The molecule has 1 aromatic heterocycles. The fraction of sp³-hybridized carbons (Fsp3) is 0.556. The second-order valence-electron chi connectivity index (χ2n) is 9.97. The molecule has 1 saturated carbocycles. The minimum absolute atomic E-state index is 0.135. The number of carbonyl (C=O) groups is 4. The van der Waals surface area contributed by atoms with Crippen LogP contribution in [-0.2, 0) is 19.1 Å². The third-order valence-electron chi connectivity index (χ3n) is 7.49. The summed E-state index contributed by atoms with van der Waals surface area (Å²) in [6, 6.07) is 5.38. The minimum atomic E-state index is -0.977. The number of H-pyrrole nitrogens is 1. The molecule has 37 heavy (non-hydrogen) atoms. The maximum absolute atomic E-state index is 13.5. The maximum atomic E-state index is 13.5. The van der Waals surface area contributed by atoms with Crippen molar-refractivity contribution < 1.29 is 28.7 Å². The van der Waals surface area contributed by atoms with Crippen LogP contribution in [0.1, 0.15) is 61.9 Å². The van der Waals surface area contributed by atoms with Crippen LogP contribution in [0.5, 0.6) is 5.75 Å². The van der Waals surface area contributed by atoms with Crippen molar-refractivity contribution >= 4 is 34.6 Å². The summed E-state index contributed by atoms with van der Waals surface area (Å²) < 4.78 is 10.3. The number of rotatable bonds is 10. The van der Waals surface area contributed by atoms with E-state index in [9.17, 15) is 19.2 Å². The van der Waals surface area contributed by atoms with Crippen LogP contribution in [-0.4, -0.2) is 61.5 Å². The molecule has 1 aliphatic heterocycles. The summed E-state index contributed by atoms with van der Waals surface area (Å²) in [6.07, 6.45) is 6.55. The number of amides is 3. The SMILES string of the molecule is COC(=O)C(C[C@@H]1CCNC1=O)NC(=O)C(CC1CCCCC1)NC(=O)c1cc2c(OC)cccc2[nH]1. The highest BCUT2D eigenvalue weighted by Crippen LogP contribution is 2.29. The summed E-state index contributed by atoms with van der Waals surface area (Å²) in [5, 5.41) is 9.18. The first kappa shape index (κ1) is 26.5. The maximum Gasteiger partial charge on any atom is 0.328 e. The van der Waals surface area contributed by atoms with Crippen molar-refractivity contribution in [3.8, 4) is 5.75 Å². The lowest BCUT2D eigenvalue weighted by molar-refractivity contribution is -0.146. The van der Waals surface area contributed by atoms with E-state index in [4.69, 9.17) is 9.47 Å². The van der Waals surface area contributed by atoms with E-state index < -0.39 is 29.9 Å². The first-order valence-corrected chi connectivity index (χ1v) is 13.0. The number of fused-ring (bicyclic) bond motifs is 1. The van der Waals surface area contributed by atoms with Crippen LogP contribution in [0.3, 0.4) is 0 Å². The Morgan fingerprint density at radius 2 is 1.81 bits per heavy atom. The number of aromatic amines is 1. The number of ether oxygens (including phenoxy) is 2. The number of hydrogen-bond donors (Lipinski definition) is 4. The lowest BCUT2D eigenvalue weighted by Crippen LogP contribution is -2.53. The Labute approximate surface area is 216 Å². The molecule has 0 radical (unpaired) electrons. The summed E-state index contributed by atoms with van der Waals surface area (Å²) in [4.78, 5) is 54.4. The molecular formula is C27H36N4O6. The Morgan fingerprint density at radius 1 is 1.03 bits per heavy atom. The van der Waals surface area contributed by atoms with Crippen molar-refractivity contribution in [2.45, 2.75) is 63.5 Å². The number of carbonyl (C=O) groups excluding carboxylic acids is 4. The van der Waals surface area contributed by atoms with Crippen LogP contribution in [0, 0.1) is 11.8 Å². The number of aromatic nitrogens is 1. The van der Waals surface area contributed by atoms with Crippen molar-refractivity contribution in [2.24, 2.45) is 11.8 Å². The molecular weight excluding hydrogens is 476 g/mol. The third-order valence-corrected chi connectivity index (χ3v) is 7.49. The molecule has 200 valence electrons. The molecule has 0 spiro atoms. The van der Waals surface area contributed by atoms with E-state index in [2.05, 4.69) is 20.9 Å². The first-order valence-electron chi connectivity index (χ1n) is 13.0. The van der Waals surface area contributed by atoms with E-state index in [1.54, 1.807) is 13.2 Å². The van der Waals surface area contributed by atoms with Gasteiger partial charge >= 0.3 is 5.97 Å². The summed E-state index contributed by atoms with van der Waals surface area (Å²) >= 11 is 0. The van der Waals surface area contributed by atoms with E-state index in [0.717, 1.165) is 36.6 Å². The zero-order chi connectivity index (χ0) is 26.4. The fourth-order valence-corrected chi connectivity index (χ4v) is 5.43. The summed E-state index contributed by atoms with van der Waals surface area (Å²) in [6.45, 7) is 0.543. The van der Waals surface area contributed by atoms with Gasteiger partial charge in [0.1, 0.15) is 23.5 Å². The average Bonchev–Trinajstić information content (AvgIpc) is 3.53. The highest BCUT2D eigenvalue weighted by Gasteiger charge is 2.34. The predicted octanol–water partition coefficient (Wildman–Crippen LogP) is 2.43. The van der Waals surface area contributed by atoms with E-state index in [-0.39, 0.29) is 18.2 Å². The van der Waals surface area contributed by atoms with Gasteiger partial charge in [0, 0.05) is 23.4 Å². The molecule has 3 atom stereocenters. The quantitative estimate of drug-likeness (QED) is 0.361. The van der Waals surface area contributed by atoms with Gasteiger partial charge in [-0.15, -0.1) is 0 Å². The molecule has 2 heterocycles. The summed E-state index contributed by atoms with van der Waals surface area (Å²) in [5.74, 6) is -1.06. The van der Waals surface area contributed by atoms with Crippen LogP contribution >= 0.6 is 0 Å². The molecule has 4 rings (SSSR count). The Balaban J connectivity index is 1.51. The average molecular weight is 513 g/mol. The molecule has 10 nitrogen and oxygen atoms in total. The lowest BCUT2D eigenvalue weighted by Gasteiger charge is -2.28. The number of esters is 1. The molecule has 0 bridgehead atoms. The van der Waals surface area contributed by atoms with Gasteiger partial charge in [0.2, 0.25) is 11.8 Å². The van der Waals surface area contributed by atoms with Crippen LogP contribution in [0.15, 0.2) is 24.3 Å². The molecule has 1 aromatic carbocycles. The van der Waals surface area contributed by atoms with Crippen LogP contribution < -0.4 is 20.7 Å². The Morgan fingerprint density at radius 3 is 2.49 bits per heavy atom. The Bertz CT molecular complexity index is 1140. The Kier molecular flexibility index (Phi) is 8.68. The van der Waals surface area contributed by atoms with Gasteiger partial charge in [0.05, 0.1) is 14.2 Å². The number of benzene rings is 1. The largest absolute Gasteiger partial charge is 0.496 e. The second-order valence-corrected chi connectivity index (χ2v) is 9.97. The van der Waals surface area contributed by atoms with Crippen molar-refractivity contribution in [1.29, 1.82) is 0 Å². The molecule has 2 unspecified atom stereocenters. The number of methoxy groups -OCH3 is 2. The highest BCUT2D eigenvalue weighted by atomic mass is 16.5.